The average Bonchev–Trinajstić information content (AvgIpc) is 2.69. The van der Waals surface area contributed by atoms with Crippen LogP contribution in [0.4, 0.5) is 17.2 Å². The normalized spacial score (nSPS) is 10.1. The Labute approximate surface area is 156 Å². The summed E-state index contributed by atoms with van der Waals surface area (Å²) < 4.78 is 0. The van der Waals surface area contributed by atoms with Crippen molar-refractivity contribution in [2.45, 2.75) is 13.5 Å². The fraction of sp³-hybridized carbons (Fsp3) is 0.105. The van der Waals surface area contributed by atoms with E-state index in [2.05, 4.69) is 31.1 Å². The maximum absolute atomic E-state index is 12.3. The van der Waals surface area contributed by atoms with Gasteiger partial charge < -0.3 is 16.0 Å². The fourth-order valence-corrected chi connectivity index (χ4v) is 2.28. The van der Waals surface area contributed by atoms with Gasteiger partial charge in [-0.1, -0.05) is 0 Å². The molecule has 0 radical (unpaired) electrons. The highest BCUT2D eigenvalue weighted by atomic mass is 16.2. The van der Waals surface area contributed by atoms with Crippen molar-refractivity contribution in [2.24, 2.45) is 0 Å². The number of carbonyl (C=O) groups excluding carboxylic acids is 2. The van der Waals surface area contributed by atoms with Gasteiger partial charge in [0.05, 0.1) is 0 Å². The van der Waals surface area contributed by atoms with Gasteiger partial charge >= 0.3 is 0 Å². The van der Waals surface area contributed by atoms with Gasteiger partial charge in [-0.2, -0.15) is 0 Å². The molecule has 3 rings (SSSR count). The lowest BCUT2D eigenvalue weighted by Gasteiger charge is -2.07. The van der Waals surface area contributed by atoms with Crippen LogP contribution in [-0.2, 0) is 11.3 Å². The summed E-state index contributed by atoms with van der Waals surface area (Å²) in [7, 11) is 0. The molecule has 0 aliphatic rings. The molecule has 0 spiro atoms. The molecule has 0 atom stereocenters. The first kappa shape index (κ1) is 18.0. The van der Waals surface area contributed by atoms with Gasteiger partial charge in [0.15, 0.2) is 5.69 Å². The van der Waals surface area contributed by atoms with E-state index < -0.39 is 0 Å². The molecule has 3 N–H and O–H groups in total. The van der Waals surface area contributed by atoms with Crippen molar-refractivity contribution in [1.29, 1.82) is 0 Å². The fourth-order valence-electron chi connectivity index (χ4n) is 2.28. The third kappa shape index (κ3) is 5.33. The Bertz CT molecular complexity index is 911. The lowest BCUT2D eigenvalue weighted by atomic mass is 10.2. The largest absolute Gasteiger partial charge is 0.365 e. The highest BCUT2D eigenvalue weighted by molar-refractivity contribution is 6.03. The Hall–Kier alpha value is -3.81. The Balaban J connectivity index is 1.56. The van der Waals surface area contributed by atoms with E-state index >= 15 is 0 Å². The number of aromatic nitrogens is 3. The molecule has 2 amide bonds. The van der Waals surface area contributed by atoms with E-state index in [9.17, 15) is 9.59 Å². The van der Waals surface area contributed by atoms with Crippen molar-refractivity contribution in [2.75, 3.05) is 16.0 Å². The van der Waals surface area contributed by atoms with E-state index in [-0.39, 0.29) is 17.5 Å². The van der Waals surface area contributed by atoms with Crippen molar-refractivity contribution in [1.82, 2.24) is 15.2 Å². The number of rotatable bonds is 6. The number of benzene rings is 1. The number of amides is 2. The second-order valence-corrected chi connectivity index (χ2v) is 5.73. The van der Waals surface area contributed by atoms with E-state index in [1.807, 2.05) is 12.1 Å². The minimum absolute atomic E-state index is 0.153. The molecule has 27 heavy (non-hydrogen) atoms. The molecule has 8 heteroatoms. The number of nitrogens with zero attached hydrogens (tertiary/aromatic N) is 3. The second-order valence-electron chi connectivity index (χ2n) is 5.73. The summed E-state index contributed by atoms with van der Waals surface area (Å²) in [4.78, 5) is 27.2. The number of hydrogen-bond acceptors (Lipinski definition) is 6. The van der Waals surface area contributed by atoms with Crippen LogP contribution in [0.25, 0.3) is 0 Å². The van der Waals surface area contributed by atoms with Crippen LogP contribution in [0.3, 0.4) is 0 Å². The number of nitrogens with one attached hydrogen (secondary N) is 3. The summed E-state index contributed by atoms with van der Waals surface area (Å²) in [5, 5.41) is 16.5. The first-order valence-electron chi connectivity index (χ1n) is 8.26. The lowest BCUT2D eigenvalue weighted by Crippen LogP contribution is -2.15. The SMILES string of the molecule is CC(=O)Nc1ccc(NC(=O)c2ccc(NCc3ccncc3)nn2)cc1. The molecule has 2 aromatic heterocycles. The van der Waals surface area contributed by atoms with Crippen molar-refractivity contribution < 1.29 is 9.59 Å². The maximum Gasteiger partial charge on any atom is 0.276 e. The van der Waals surface area contributed by atoms with Crippen molar-refractivity contribution in [3.63, 3.8) is 0 Å². The van der Waals surface area contributed by atoms with Gasteiger partial charge in [0.1, 0.15) is 5.82 Å². The topological polar surface area (TPSA) is 109 Å². The first-order chi connectivity index (χ1) is 13.1. The van der Waals surface area contributed by atoms with Crippen LogP contribution in [0, 0.1) is 0 Å². The highest BCUT2D eigenvalue weighted by Gasteiger charge is 2.09. The van der Waals surface area contributed by atoms with E-state index in [0.29, 0.717) is 23.7 Å². The van der Waals surface area contributed by atoms with Crippen LogP contribution in [0.2, 0.25) is 0 Å². The summed E-state index contributed by atoms with van der Waals surface area (Å²) in [6.07, 6.45) is 3.44. The van der Waals surface area contributed by atoms with E-state index in [1.54, 1.807) is 48.8 Å². The van der Waals surface area contributed by atoms with Crippen molar-refractivity contribution in [3.05, 3.63) is 72.2 Å². The van der Waals surface area contributed by atoms with Crippen LogP contribution in [0.1, 0.15) is 23.0 Å². The molecule has 0 aliphatic carbocycles. The summed E-state index contributed by atoms with van der Waals surface area (Å²) >= 11 is 0. The number of carbonyl (C=O) groups is 2. The molecule has 0 aliphatic heterocycles. The van der Waals surface area contributed by atoms with Gasteiger partial charge in [-0.3, -0.25) is 14.6 Å². The van der Waals surface area contributed by atoms with Crippen molar-refractivity contribution >= 4 is 29.0 Å². The molecular formula is C19H18N6O2. The van der Waals surface area contributed by atoms with Gasteiger partial charge in [-0.25, -0.2) is 0 Å². The molecule has 0 fully saturated rings. The van der Waals surface area contributed by atoms with Crippen LogP contribution in [0.15, 0.2) is 60.9 Å². The molecular weight excluding hydrogens is 344 g/mol. The molecule has 0 saturated heterocycles. The zero-order chi connectivity index (χ0) is 19.1. The Morgan fingerprint density at radius 1 is 0.852 bits per heavy atom. The van der Waals surface area contributed by atoms with Gasteiger partial charge in [-0.15, -0.1) is 10.2 Å². The summed E-state index contributed by atoms with van der Waals surface area (Å²) in [6.45, 7) is 2.02. The lowest BCUT2D eigenvalue weighted by molar-refractivity contribution is -0.114. The predicted molar refractivity (Wildman–Crippen MR) is 102 cm³/mol. The summed E-state index contributed by atoms with van der Waals surface area (Å²) in [6, 6.07) is 13.9. The average molecular weight is 362 g/mol. The zero-order valence-electron chi connectivity index (χ0n) is 14.6. The maximum atomic E-state index is 12.3. The molecule has 0 unspecified atom stereocenters. The Morgan fingerprint density at radius 2 is 1.52 bits per heavy atom. The highest BCUT2D eigenvalue weighted by Crippen LogP contribution is 2.14. The second kappa shape index (κ2) is 8.52. The quantitative estimate of drug-likeness (QED) is 0.622. The molecule has 0 bridgehead atoms. The zero-order valence-corrected chi connectivity index (χ0v) is 14.6. The minimum Gasteiger partial charge on any atom is -0.365 e. The minimum atomic E-state index is -0.365. The monoisotopic (exact) mass is 362 g/mol. The van der Waals surface area contributed by atoms with Crippen LogP contribution in [0.5, 0.6) is 0 Å². The molecule has 8 nitrogen and oxygen atoms in total. The van der Waals surface area contributed by atoms with Gasteiger partial charge in [0.25, 0.3) is 5.91 Å². The smallest absolute Gasteiger partial charge is 0.276 e. The van der Waals surface area contributed by atoms with Crippen LogP contribution < -0.4 is 16.0 Å². The third-order valence-electron chi connectivity index (χ3n) is 3.58. The van der Waals surface area contributed by atoms with Gasteiger partial charge in [0, 0.05) is 37.2 Å². The summed E-state index contributed by atoms with van der Waals surface area (Å²) in [5.74, 6) is 0.0539. The standard InChI is InChI=1S/C19H18N6O2/c1-13(26)22-15-2-4-16(5-3-15)23-19(27)17-6-7-18(25-24-17)21-12-14-8-10-20-11-9-14/h2-11H,12H2,1H3,(H,21,25)(H,22,26)(H,23,27). The first-order valence-corrected chi connectivity index (χ1v) is 8.26. The number of hydrogen-bond donors (Lipinski definition) is 3. The third-order valence-corrected chi connectivity index (χ3v) is 3.58. The molecule has 3 aromatic rings. The van der Waals surface area contributed by atoms with Crippen LogP contribution >= 0.6 is 0 Å². The molecule has 0 saturated carbocycles. The van der Waals surface area contributed by atoms with E-state index in [1.165, 1.54) is 6.92 Å². The van der Waals surface area contributed by atoms with E-state index in [4.69, 9.17) is 0 Å². The van der Waals surface area contributed by atoms with E-state index in [0.717, 1.165) is 5.56 Å². The summed E-state index contributed by atoms with van der Waals surface area (Å²) in [5.41, 5.74) is 2.52. The Kier molecular flexibility index (Phi) is 5.68. The molecule has 2 heterocycles. The molecule has 136 valence electrons. The molecule has 1 aromatic carbocycles. The number of pyridine rings is 1. The van der Waals surface area contributed by atoms with Crippen molar-refractivity contribution in [3.8, 4) is 0 Å². The Morgan fingerprint density at radius 3 is 2.11 bits per heavy atom. The van der Waals surface area contributed by atoms with Gasteiger partial charge in [-0.05, 0) is 54.1 Å². The van der Waals surface area contributed by atoms with Gasteiger partial charge in [0.2, 0.25) is 5.91 Å². The van der Waals surface area contributed by atoms with Crippen LogP contribution in [-0.4, -0.2) is 27.0 Å². The number of anilines is 3. The predicted octanol–water partition coefficient (Wildman–Crippen LogP) is 2.69.